The number of pyridine rings is 1. The van der Waals surface area contributed by atoms with E-state index in [-0.39, 0.29) is 17.4 Å². The first kappa shape index (κ1) is 21.5. The van der Waals surface area contributed by atoms with E-state index in [4.69, 9.17) is 9.72 Å². The number of nitrogens with zero attached hydrogens (tertiary/aromatic N) is 3. The Bertz CT molecular complexity index is 1040. The van der Waals surface area contributed by atoms with E-state index in [0.29, 0.717) is 17.3 Å². The largest absolute Gasteiger partial charge is 0.378 e. The molecular formula is C25H32N4O2. The molecule has 3 aromatic heterocycles. The SMILES string of the molecule is Cc1cc(-c2cccnc2)nc2c(C(=O)N[C@H]3CC[C@H](OCC(C)(C)C)CC3)ccn12. The standard InChI is InChI=1S/C25H32N4O2/c1-17-14-22(18-6-5-12-26-15-18)28-23-21(11-13-29(17)23)24(30)27-19-7-9-20(10-8-19)31-16-25(2,3)4/h5-6,11-15,19-20H,7-10,16H2,1-4H3,(H,27,30)/t19-,20-. The summed E-state index contributed by atoms with van der Waals surface area (Å²) in [5.74, 6) is -0.0585. The van der Waals surface area contributed by atoms with Crippen molar-refractivity contribution in [1.29, 1.82) is 0 Å². The number of fused-ring (bicyclic) bond motifs is 1. The highest BCUT2D eigenvalue weighted by molar-refractivity contribution is 6.00. The summed E-state index contributed by atoms with van der Waals surface area (Å²) in [6.45, 7) is 9.37. The van der Waals surface area contributed by atoms with Crippen molar-refractivity contribution in [3.63, 3.8) is 0 Å². The number of ether oxygens (including phenoxy) is 1. The van der Waals surface area contributed by atoms with E-state index in [1.165, 1.54) is 0 Å². The molecule has 1 N–H and O–H groups in total. The molecule has 0 saturated heterocycles. The highest BCUT2D eigenvalue weighted by Gasteiger charge is 2.25. The number of hydrogen-bond acceptors (Lipinski definition) is 4. The molecule has 31 heavy (non-hydrogen) atoms. The molecule has 0 atom stereocenters. The highest BCUT2D eigenvalue weighted by atomic mass is 16.5. The third kappa shape index (κ3) is 5.13. The van der Waals surface area contributed by atoms with Gasteiger partial charge in [-0.1, -0.05) is 20.8 Å². The van der Waals surface area contributed by atoms with Crippen LogP contribution < -0.4 is 5.32 Å². The van der Waals surface area contributed by atoms with Crippen molar-refractivity contribution in [3.05, 3.63) is 54.1 Å². The zero-order valence-corrected chi connectivity index (χ0v) is 18.9. The molecule has 0 bridgehead atoms. The molecular weight excluding hydrogens is 388 g/mol. The van der Waals surface area contributed by atoms with E-state index in [1.807, 2.05) is 41.8 Å². The summed E-state index contributed by atoms with van der Waals surface area (Å²) in [7, 11) is 0. The number of carbonyl (C=O) groups excluding carboxylic acids is 1. The Labute approximate surface area is 184 Å². The fourth-order valence-corrected chi connectivity index (χ4v) is 4.08. The van der Waals surface area contributed by atoms with Gasteiger partial charge in [0.2, 0.25) is 0 Å². The molecule has 1 aliphatic carbocycles. The van der Waals surface area contributed by atoms with Crippen molar-refractivity contribution < 1.29 is 9.53 Å². The maximum absolute atomic E-state index is 13.1. The van der Waals surface area contributed by atoms with Crippen LogP contribution in [0.5, 0.6) is 0 Å². The van der Waals surface area contributed by atoms with E-state index in [9.17, 15) is 4.79 Å². The molecule has 0 unspecified atom stereocenters. The van der Waals surface area contributed by atoms with Gasteiger partial charge >= 0.3 is 0 Å². The Morgan fingerprint density at radius 3 is 2.68 bits per heavy atom. The molecule has 6 nitrogen and oxygen atoms in total. The maximum Gasteiger partial charge on any atom is 0.255 e. The van der Waals surface area contributed by atoms with Crippen molar-refractivity contribution in [2.24, 2.45) is 5.41 Å². The van der Waals surface area contributed by atoms with Gasteiger partial charge in [-0.2, -0.15) is 0 Å². The predicted octanol–water partition coefficient (Wildman–Crippen LogP) is 4.81. The third-order valence-electron chi connectivity index (χ3n) is 5.77. The highest BCUT2D eigenvalue weighted by Crippen LogP contribution is 2.25. The average molecular weight is 421 g/mol. The first-order valence-electron chi connectivity index (χ1n) is 11.1. The fraction of sp³-hybridized carbons (Fsp3) is 0.480. The second-order valence-corrected chi connectivity index (χ2v) is 9.77. The van der Waals surface area contributed by atoms with Gasteiger partial charge in [0, 0.05) is 35.9 Å². The number of aryl methyl sites for hydroxylation is 1. The molecule has 1 saturated carbocycles. The number of carbonyl (C=O) groups is 1. The maximum atomic E-state index is 13.1. The quantitative estimate of drug-likeness (QED) is 0.643. The molecule has 0 aliphatic heterocycles. The van der Waals surface area contributed by atoms with E-state index < -0.39 is 0 Å². The normalized spacial score (nSPS) is 19.5. The molecule has 0 radical (unpaired) electrons. The minimum atomic E-state index is -0.0585. The van der Waals surface area contributed by atoms with Gasteiger partial charge in [-0.3, -0.25) is 9.78 Å². The fourth-order valence-electron chi connectivity index (χ4n) is 4.08. The zero-order chi connectivity index (χ0) is 22.0. The van der Waals surface area contributed by atoms with Crippen LogP contribution in [0.1, 0.15) is 62.5 Å². The number of aromatic nitrogens is 3. The smallest absolute Gasteiger partial charge is 0.255 e. The lowest BCUT2D eigenvalue weighted by molar-refractivity contribution is -0.0134. The van der Waals surface area contributed by atoms with Crippen molar-refractivity contribution in [2.75, 3.05) is 6.61 Å². The molecule has 1 fully saturated rings. The molecule has 1 amide bonds. The molecule has 0 aromatic carbocycles. The van der Waals surface area contributed by atoms with Crippen LogP contribution in [-0.2, 0) is 4.74 Å². The topological polar surface area (TPSA) is 68.5 Å². The van der Waals surface area contributed by atoms with Crippen LogP contribution in [0.25, 0.3) is 16.9 Å². The van der Waals surface area contributed by atoms with E-state index in [2.05, 4.69) is 31.1 Å². The van der Waals surface area contributed by atoms with Crippen LogP contribution in [0.4, 0.5) is 0 Å². The van der Waals surface area contributed by atoms with E-state index in [1.54, 1.807) is 12.4 Å². The summed E-state index contributed by atoms with van der Waals surface area (Å²) in [5, 5.41) is 3.22. The second-order valence-electron chi connectivity index (χ2n) is 9.77. The van der Waals surface area contributed by atoms with Crippen LogP contribution in [0, 0.1) is 12.3 Å². The molecule has 0 spiro atoms. The van der Waals surface area contributed by atoms with Crippen molar-refractivity contribution in [1.82, 2.24) is 19.7 Å². The first-order chi connectivity index (χ1) is 14.8. The predicted molar refractivity (Wildman–Crippen MR) is 122 cm³/mol. The van der Waals surface area contributed by atoms with Gasteiger partial charge in [-0.05, 0) is 62.3 Å². The van der Waals surface area contributed by atoms with Gasteiger partial charge in [-0.25, -0.2) is 4.98 Å². The first-order valence-corrected chi connectivity index (χ1v) is 11.1. The second kappa shape index (κ2) is 8.79. The van der Waals surface area contributed by atoms with Gasteiger partial charge in [-0.15, -0.1) is 0 Å². The molecule has 6 heteroatoms. The van der Waals surface area contributed by atoms with Gasteiger partial charge in [0.25, 0.3) is 5.91 Å². The Morgan fingerprint density at radius 1 is 1.23 bits per heavy atom. The number of rotatable bonds is 5. The molecule has 4 rings (SSSR count). The minimum absolute atomic E-state index is 0.0585. The monoisotopic (exact) mass is 420 g/mol. The molecule has 3 heterocycles. The van der Waals surface area contributed by atoms with Crippen molar-refractivity contribution in [3.8, 4) is 11.3 Å². The Hall–Kier alpha value is -2.73. The summed E-state index contributed by atoms with van der Waals surface area (Å²) in [6, 6.07) is 7.93. The van der Waals surface area contributed by atoms with Crippen LogP contribution in [0.15, 0.2) is 42.9 Å². The Balaban J connectivity index is 1.45. The van der Waals surface area contributed by atoms with Crippen LogP contribution in [0.3, 0.4) is 0 Å². The van der Waals surface area contributed by atoms with Gasteiger partial charge in [0.1, 0.15) is 5.65 Å². The molecule has 3 aromatic rings. The van der Waals surface area contributed by atoms with E-state index in [0.717, 1.165) is 49.2 Å². The summed E-state index contributed by atoms with van der Waals surface area (Å²) in [6.07, 6.45) is 9.61. The van der Waals surface area contributed by atoms with Crippen LogP contribution >= 0.6 is 0 Å². The number of amides is 1. The third-order valence-corrected chi connectivity index (χ3v) is 5.77. The lowest BCUT2D eigenvalue weighted by Crippen LogP contribution is -2.39. The van der Waals surface area contributed by atoms with Crippen LogP contribution in [0.2, 0.25) is 0 Å². The lowest BCUT2D eigenvalue weighted by atomic mass is 9.92. The van der Waals surface area contributed by atoms with Gasteiger partial charge < -0.3 is 14.5 Å². The van der Waals surface area contributed by atoms with Gasteiger partial charge in [0.15, 0.2) is 0 Å². The summed E-state index contributed by atoms with van der Waals surface area (Å²) >= 11 is 0. The summed E-state index contributed by atoms with van der Waals surface area (Å²) < 4.78 is 8.03. The Kier molecular flexibility index (Phi) is 6.10. The number of nitrogens with one attached hydrogen (secondary N) is 1. The summed E-state index contributed by atoms with van der Waals surface area (Å²) in [4.78, 5) is 22.0. The van der Waals surface area contributed by atoms with Crippen LogP contribution in [-0.4, -0.2) is 39.0 Å². The van der Waals surface area contributed by atoms with Crippen molar-refractivity contribution >= 4 is 11.6 Å². The molecule has 164 valence electrons. The van der Waals surface area contributed by atoms with Gasteiger partial charge in [0.05, 0.1) is 24.0 Å². The molecule has 1 aliphatic rings. The van der Waals surface area contributed by atoms with E-state index >= 15 is 0 Å². The lowest BCUT2D eigenvalue weighted by Gasteiger charge is -2.31. The summed E-state index contributed by atoms with van der Waals surface area (Å²) in [5.41, 5.74) is 4.26. The minimum Gasteiger partial charge on any atom is -0.378 e. The van der Waals surface area contributed by atoms with Crippen molar-refractivity contribution in [2.45, 2.75) is 65.5 Å². The average Bonchev–Trinajstić information content (AvgIpc) is 3.18. The Morgan fingerprint density at radius 2 is 2.00 bits per heavy atom. The number of hydrogen-bond donors (Lipinski definition) is 1. The zero-order valence-electron chi connectivity index (χ0n) is 18.9.